The highest BCUT2D eigenvalue weighted by atomic mass is 32.2. The smallest absolute Gasteiger partial charge is 0.262 e. The van der Waals surface area contributed by atoms with Crippen molar-refractivity contribution in [1.29, 1.82) is 0 Å². The number of fused-ring (bicyclic) bond motifs is 1. The fraction of sp³-hybridized carbons (Fsp3) is 0.154. The molecule has 0 fully saturated rings. The Morgan fingerprint density at radius 3 is 2.79 bits per heavy atom. The normalized spacial score (nSPS) is 17.1. The number of aryl methyl sites for hydroxylation is 1. The van der Waals surface area contributed by atoms with E-state index < -0.39 is 10.0 Å². The molecule has 2 aliphatic rings. The second kappa shape index (κ2) is 8.79. The van der Waals surface area contributed by atoms with E-state index in [2.05, 4.69) is 20.8 Å². The quantitative estimate of drug-likeness (QED) is 0.569. The lowest BCUT2D eigenvalue weighted by molar-refractivity contribution is 0.413. The molecule has 0 spiro atoms. The summed E-state index contributed by atoms with van der Waals surface area (Å²) in [7, 11) is -2.33. The average molecular weight is 473 g/mol. The molecular formula is C26H24N4O3S. The number of rotatable bonds is 6. The minimum Gasteiger partial charge on any atom is -0.494 e. The molecule has 2 aromatic carbocycles. The number of ether oxygens (including phenoxy) is 1. The van der Waals surface area contributed by atoms with Crippen molar-refractivity contribution in [3.63, 3.8) is 0 Å². The predicted molar refractivity (Wildman–Crippen MR) is 134 cm³/mol. The van der Waals surface area contributed by atoms with Gasteiger partial charge in [-0.3, -0.25) is 9.71 Å². The van der Waals surface area contributed by atoms with Gasteiger partial charge in [-0.25, -0.2) is 13.4 Å². The molecule has 0 radical (unpaired) electrons. The second-order valence-electron chi connectivity index (χ2n) is 8.12. The van der Waals surface area contributed by atoms with Crippen LogP contribution >= 0.6 is 0 Å². The lowest BCUT2D eigenvalue weighted by Crippen LogP contribution is -2.18. The van der Waals surface area contributed by atoms with Crippen LogP contribution < -0.4 is 9.46 Å². The van der Waals surface area contributed by atoms with Crippen LogP contribution in [0.15, 0.2) is 94.8 Å². The molecule has 0 amide bonds. The number of aliphatic imine (C=N–C) groups is 1. The SMILES string of the molecule is COc1cc(NS(=O)(=O)c2ccccc2C2=CC=CC3CN=CC=C23)ccc1-n1cnc(C)c1. The van der Waals surface area contributed by atoms with Crippen molar-refractivity contribution in [1.82, 2.24) is 9.55 Å². The Bertz CT molecular complexity index is 1480. The Labute approximate surface area is 198 Å². The molecule has 2 heterocycles. The number of hydrogen-bond donors (Lipinski definition) is 1. The van der Waals surface area contributed by atoms with Gasteiger partial charge in [0.05, 0.1) is 35.4 Å². The predicted octanol–water partition coefficient (Wildman–Crippen LogP) is 4.57. The molecule has 1 aliphatic heterocycles. The lowest BCUT2D eigenvalue weighted by atomic mass is 9.83. The van der Waals surface area contributed by atoms with Crippen molar-refractivity contribution in [3.8, 4) is 11.4 Å². The van der Waals surface area contributed by atoms with Crippen molar-refractivity contribution in [2.24, 2.45) is 10.9 Å². The van der Waals surface area contributed by atoms with Crippen LogP contribution in [0, 0.1) is 12.8 Å². The van der Waals surface area contributed by atoms with Gasteiger partial charge in [0.15, 0.2) is 0 Å². The van der Waals surface area contributed by atoms with Crippen LogP contribution in [0.2, 0.25) is 0 Å². The first-order valence-corrected chi connectivity index (χ1v) is 12.3. The number of aromatic nitrogens is 2. The topological polar surface area (TPSA) is 85.6 Å². The van der Waals surface area contributed by atoms with Gasteiger partial charge < -0.3 is 9.30 Å². The second-order valence-corrected chi connectivity index (χ2v) is 9.77. The molecule has 1 N–H and O–H groups in total. The highest BCUT2D eigenvalue weighted by Crippen LogP contribution is 2.37. The zero-order valence-corrected chi connectivity index (χ0v) is 19.7. The third kappa shape index (κ3) is 4.08. The number of sulfonamides is 1. The highest BCUT2D eigenvalue weighted by molar-refractivity contribution is 7.92. The summed E-state index contributed by atoms with van der Waals surface area (Å²) < 4.78 is 37.1. The van der Waals surface area contributed by atoms with E-state index in [0.717, 1.165) is 22.5 Å². The van der Waals surface area contributed by atoms with Gasteiger partial charge in [0.2, 0.25) is 0 Å². The van der Waals surface area contributed by atoms with Crippen LogP contribution in [0.4, 0.5) is 5.69 Å². The van der Waals surface area contributed by atoms with E-state index in [1.807, 2.05) is 48.0 Å². The molecule has 34 heavy (non-hydrogen) atoms. The maximum atomic E-state index is 13.5. The molecule has 0 bridgehead atoms. The number of methoxy groups -OCH3 is 1. The van der Waals surface area contributed by atoms with E-state index in [0.29, 0.717) is 23.5 Å². The largest absolute Gasteiger partial charge is 0.494 e. The minimum absolute atomic E-state index is 0.150. The van der Waals surface area contributed by atoms with Crippen molar-refractivity contribution in [2.75, 3.05) is 18.4 Å². The summed E-state index contributed by atoms with van der Waals surface area (Å²) in [4.78, 5) is 8.80. The maximum absolute atomic E-state index is 13.5. The van der Waals surface area contributed by atoms with Gasteiger partial charge in [0, 0.05) is 36.5 Å². The summed E-state index contributed by atoms with van der Waals surface area (Å²) in [5, 5.41) is 0. The molecule has 7 nitrogen and oxygen atoms in total. The Balaban J connectivity index is 1.50. The fourth-order valence-corrected chi connectivity index (χ4v) is 5.52. The zero-order valence-electron chi connectivity index (χ0n) is 18.8. The van der Waals surface area contributed by atoms with Crippen LogP contribution in [0.25, 0.3) is 11.3 Å². The van der Waals surface area contributed by atoms with E-state index in [-0.39, 0.29) is 10.8 Å². The average Bonchev–Trinajstić information content (AvgIpc) is 3.29. The molecular weight excluding hydrogens is 448 g/mol. The highest BCUT2D eigenvalue weighted by Gasteiger charge is 2.26. The van der Waals surface area contributed by atoms with Crippen molar-refractivity contribution < 1.29 is 13.2 Å². The third-order valence-electron chi connectivity index (χ3n) is 5.87. The molecule has 0 saturated carbocycles. The summed E-state index contributed by atoms with van der Waals surface area (Å²) in [5.41, 5.74) is 4.67. The molecule has 172 valence electrons. The number of nitrogens with zero attached hydrogens (tertiary/aromatic N) is 3. The fourth-order valence-electron chi connectivity index (χ4n) is 4.25. The summed E-state index contributed by atoms with van der Waals surface area (Å²) in [6, 6.07) is 12.2. The van der Waals surface area contributed by atoms with Crippen LogP contribution in [0.1, 0.15) is 11.3 Å². The van der Waals surface area contributed by atoms with Crippen LogP contribution in [0.3, 0.4) is 0 Å². The van der Waals surface area contributed by atoms with E-state index in [9.17, 15) is 8.42 Å². The van der Waals surface area contributed by atoms with Gasteiger partial charge in [-0.1, -0.05) is 36.4 Å². The van der Waals surface area contributed by atoms with Gasteiger partial charge in [-0.15, -0.1) is 0 Å². The van der Waals surface area contributed by atoms with Gasteiger partial charge in [0.1, 0.15) is 5.75 Å². The first-order valence-electron chi connectivity index (χ1n) is 10.9. The molecule has 5 rings (SSSR count). The maximum Gasteiger partial charge on any atom is 0.262 e. The number of imidazole rings is 1. The first-order chi connectivity index (χ1) is 16.5. The van der Waals surface area contributed by atoms with Crippen LogP contribution in [-0.4, -0.2) is 37.8 Å². The van der Waals surface area contributed by atoms with Crippen molar-refractivity contribution >= 4 is 27.5 Å². The van der Waals surface area contributed by atoms with Crippen molar-refractivity contribution in [2.45, 2.75) is 11.8 Å². The van der Waals surface area contributed by atoms with Crippen LogP contribution in [0.5, 0.6) is 5.75 Å². The number of allylic oxidation sites excluding steroid dienone is 4. The third-order valence-corrected chi connectivity index (χ3v) is 7.31. The molecule has 3 aromatic rings. The van der Waals surface area contributed by atoms with E-state index in [4.69, 9.17) is 4.74 Å². The number of nitrogens with one attached hydrogen (secondary N) is 1. The summed E-state index contributed by atoms with van der Waals surface area (Å²) in [6.07, 6.45) is 13.3. The Morgan fingerprint density at radius 1 is 1.15 bits per heavy atom. The molecule has 8 heteroatoms. The summed E-state index contributed by atoms with van der Waals surface area (Å²) in [6.45, 7) is 2.56. The standard InChI is InChI=1S/C26H24N4O3S/c1-18-16-30(17-28-18)24-11-10-20(14-25(24)33-2)29-34(31,32)26-9-4-3-7-23(26)22-8-5-6-19-15-27-13-12-21(19)22/h3-14,16-17,19,29H,15H2,1-2H3. The van der Waals surface area contributed by atoms with E-state index in [1.165, 1.54) is 0 Å². The van der Waals surface area contributed by atoms with Gasteiger partial charge in [-0.2, -0.15) is 0 Å². The first kappa shape index (κ1) is 21.9. The molecule has 0 saturated heterocycles. The monoisotopic (exact) mass is 472 g/mol. The minimum atomic E-state index is -3.88. The van der Waals surface area contributed by atoms with Crippen LogP contribution in [-0.2, 0) is 10.0 Å². The van der Waals surface area contributed by atoms with Gasteiger partial charge >= 0.3 is 0 Å². The molecule has 1 atom stereocenters. The van der Waals surface area contributed by atoms with Gasteiger partial charge in [-0.05, 0) is 42.3 Å². The molecule has 1 aromatic heterocycles. The zero-order chi connectivity index (χ0) is 23.7. The number of benzene rings is 2. The Kier molecular flexibility index (Phi) is 5.67. The number of hydrogen-bond acceptors (Lipinski definition) is 5. The Hall–Kier alpha value is -3.91. The van der Waals surface area contributed by atoms with Crippen molar-refractivity contribution in [3.05, 3.63) is 96.1 Å². The van der Waals surface area contributed by atoms with Gasteiger partial charge in [0.25, 0.3) is 10.0 Å². The lowest BCUT2D eigenvalue weighted by Gasteiger charge is -2.25. The van der Waals surface area contributed by atoms with E-state index in [1.54, 1.807) is 50.0 Å². The number of dihydropyridines is 1. The summed E-state index contributed by atoms with van der Waals surface area (Å²) in [5.74, 6) is 0.679. The number of anilines is 1. The molecule has 1 unspecified atom stereocenters. The Morgan fingerprint density at radius 2 is 2.00 bits per heavy atom. The van der Waals surface area contributed by atoms with E-state index >= 15 is 0 Å². The molecule has 1 aliphatic carbocycles. The summed E-state index contributed by atoms with van der Waals surface area (Å²) >= 11 is 0.